The van der Waals surface area contributed by atoms with Crippen LogP contribution in [0.1, 0.15) is 36.9 Å². The second-order valence-corrected chi connectivity index (χ2v) is 7.24. The second-order valence-electron chi connectivity index (χ2n) is 6.32. The van der Waals surface area contributed by atoms with Crippen LogP contribution in [0.2, 0.25) is 0 Å². The lowest BCUT2D eigenvalue weighted by molar-refractivity contribution is -0.138. The van der Waals surface area contributed by atoms with Gasteiger partial charge in [0.1, 0.15) is 5.75 Å². The largest absolute Gasteiger partial charge is 0.481 e. The molecule has 1 saturated heterocycles. The number of aryl methyl sites for hydroxylation is 1. The second kappa shape index (κ2) is 7.39. The van der Waals surface area contributed by atoms with Crippen molar-refractivity contribution in [2.75, 3.05) is 6.54 Å². The summed E-state index contributed by atoms with van der Waals surface area (Å²) in [6, 6.07) is 16.2. The third kappa shape index (κ3) is 3.81. The van der Waals surface area contributed by atoms with E-state index >= 15 is 0 Å². The van der Waals surface area contributed by atoms with Gasteiger partial charge in [0.2, 0.25) is 0 Å². The molecule has 3 nitrogen and oxygen atoms in total. The van der Waals surface area contributed by atoms with E-state index in [2.05, 4.69) is 28.1 Å². The lowest BCUT2D eigenvalue weighted by atomic mass is 10.0. The molecule has 0 N–H and O–H groups in total. The van der Waals surface area contributed by atoms with Crippen molar-refractivity contribution in [1.29, 1.82) is 0 Å². The van der Waals surface area contributed by atoms with Gasteiger partial charge in [0.15, 0.2) is 6.10 Å². The van der Waals surface area contributed by atoms with Gasteiger partial charge in [0.05, 0.1) is 6.04 Å². The molecule has 4 heteroatoms. The van der Waals surface area contributed by atoms with Gasteiger partial charge in [-0.05, 0) is 62.1 Å². The minimum atomic E-state index is -0.487. The van der Waals surface area contributed by atoms with Crippen molar-refractivity contribution in [3.8, 4) is 5.75 Å². The molecule has 2 unspecified atom stereocenters. The maximum atomic E-state index is 12.9. The van der Waals surface area contributed by atoms with E-state index in [1.807, 2.05) is 55.1 Å². The monoisotopic (exact) mass is 387 g/mol. The minimum absolute atomic E-state index is 0.0546. The zero-order valence-electron chi connectivity index (χ0n) is 14.0. The Morgan fingerprint density at radius 2 is 2.04 bits per heavy atom. The van der Waals surface area contributed by atoms with E-state index in [1.54, 1.807) is 0 Å². The zero-order valence-corrected chi connectivity index (χ0v) is 15.6. The molecule has 24 heavy (non-hydrogen) atoms. The van der Waals surface area contributed by atoms with Crippen molar-refractivity contribution >= 4 is 21.8 Å². The van der Waals surface area contributed by atoms with Crippen LogP contribution in [-0.4, -0.2) is 23.5 Å². The molecule has 0 radical (unpaired) electrons. The number of nitrogens with zero attached hydrogens (tertiary/aromatic N) is 1. The Hall–Kier alpha value is -1.81. The van der Waals surface area contributed by atoms with Crippen LogP contribution in [0.4, 0.5) is 0 Å². The van der Waals surface area contributed by atoms with E-state index in [0.717, 1.165) is 35.2 Å². The van der Waals surface area contributed by atoms with Gasteiger partial charge in [-0.3, -0.25) is 4.79 Å². The van der Waals surface area contributed by atoms with Crippen LogP contribution < -0.4 is 4.74 Å². The number of amides is 1. The van der Waals surface area contributed by atoms with Crippen molar-refractivity contribution in [2.45, 2.75) is 38.8 Å². The van der Waals surface area contributed by atoms with Crippen LogP contribution in [0.5, 0.6) is 5.75 Å². The van der Waals surface area contributed by atoms with Gasteiger partial charge in [0, 0.05) is 11.0 Å². The molecule has 2 atom stereocenters. The van der Waals surface area contributed by atoms with E-state index in [0.29, 0.717) is 0 Å². The first kappa shape index (κ1) is 17.0. The molecule has 1 amide bonds. The molecule has 2 aromatic carbocycles. The lowest BCUT2D eigenvalue weighted by Crippen LogP contribution is -2.40. The van der Waals surface area contributed by atoms with Crippen molar-refractivity contribution < 1.29 is 9.53 Å². The molecule has 126 valence electrons. The van der Waals surface area contributed by atoms with Gasteiger partial charge in [-0.2, -0.15) is 0 Å². The molecule has 0 aromatic heterocycles. The van der Waals surface area contributed by atoms with Crippen LogP contribution >= 0.6 is 15.9 Å². The highest BCUT2D eigenvalue weighted by Crippen LogP contribution is 2.33. The molecule has 0 bridgehead atoms. The van der Waals surface area contributed by atoms with Crippen molar-refractivity contribution in [2.24, 2.45) is 0 Å². The summed E-state index contributed by atoms with van der Waals surface area (Å²) >= 11 is 3.52. The summed E-state index contributed by atoms with van der Waals surface area (Å²) in [6.07, 6.45) is 1.54. The zero-order chi connectivity index (χ0) is 17.1. The third-order valence-electron chi connectivity index (χ3n) is 4.42. The fraction of sp³-hybridized carbons (Fsp3) is 0.350. The van der Waals surface area contributed by atoms with Gasteiger partial charge in [-0.1, -0.05) is 40.2 Å². The van der Waals surface area contributed by atoms with Crippen molar-refractivity contribution in [3.05, 3.63) is 64.1 Å². The number of carbonyl (C=O) groups is 1. The number of ether oxygens (including phenoxy) is 1. The molecular formula is C20H22BrNO2. The summed E-state index contributed by atoms with van der Waals surface area (Å²) in [5.74, 6) is 0.799. The molecule has 2 aromatic rings. The predicted octanol–water partition coefficient (Wildman–Crippen LogP) is 4.89. The van der Waals surface area contributed by atoms with Crippen LogP contribution in [-0.2, 0) is 4.79 Å². The third-order valence-corrected chi connectivity index (χ3v) is 4.91. The van der Waals surface area contributed by atoms with E-state index < -0.39 is 6.10 Å². The predicted molar refractivity (Wildman–Crippen MR) is 99.1 cm³/mol. The number of carbonyl (C=O) groups excluding carboxylic acids is 1. The summed E-state index contributed by atoms with van der Waals surface area (Å²) in [4.78, 5) is 14.9. The van der Waals surface area contributed by atoms with Crippen molar-refractivity contribution in [3.63, 3.8) is 0 Å². The first-order chi connectivity index (χ1) is 11.5. The van der Waals surface area contributed by atoms with E-state index in [1.165, 1.54) is 5.56 Å². The van der Waals surface area contributed by atoms with Crippen LogP contribution in [0, 0.1) is 6.92 Å². The fourth-order valence-corrected chi connectivity index (χ4v) is 3.68. The topological polar surface area (TPSA) is 29.5 Å². The SMILES string of the molecule is Cc1cccc(OC(C)C(=O)N2CCCC2c2cccc(Br)c2)c1. The molecule has 0 aliphatic carbocycles. The maximum absolute atomic E-state index is 12.9. The molecule has 1 aliphatic rings. The Labute approximate surface area is 151 Å². The summed E-state index contributed by atoms with van der Waals surface area (Å²) in [6.45, 7) is 4.64. The number of halogens is 1. The smallest absolute Gasteiger partial charge is 0.263 e. The van der Waals surface area contributed by atoms with Gasteiger partial charge < -0.3 is 9.64 Å². The van der Waals surface area contributed by atoms with Gasteiger partial charge >= 0.3 is 0 Å². The Balaban J connectivity index is 1.73. The summed E-state index contributed by atoms with van der Waals surface area (Å²) in [7, 11) is 0. The number of likely N-dealkylation sites (tertiary alicyclic amines) is 1. The lowest BCUT2D eigenvalue weighted by Gasteiger charge is -2.28. The number of benzene rings is 2. The minimum Gasteiger partial charge on any atom is -0.481 e. The Kier molecular flexibility index (Phi) is 5.24. The number of rotatable bonds is 4. The van der Waals surface area contributed by atoms with Crippen LogP contribution in [0.3, 0.4) is 0 Å². The Morgan fingerprint density at radius 1 is 1.25 bits per heavy atom. The first-order valence-corrected chi connectivity index (χ1v) is 9.13. The number of hydrogen-bond acceptors (Lipinski definition) is 2. The molecule has 3 rings (SSSR count). The summed E-state index contributed by atoms with van der Waals surface area (Å²) < 4.78 is 6.92. The van der Waals surface area contributed by atoms with Crippen molar-refractivity contribution in [1.82, 2.24) is 4.90 Å². The standard InChI is InChI=1S/C20H22BrNO2/c1-14-6-3-9-18(12-14)24-15(2)20(23)22-11-5-10-19(22)16-7-4-8-17(21)13-16/h3-4,6-9,12-13,15,19H,5,10-11H2,1-2H3. The van der Waals surface area contributed by atoms with E-state index in [9.17, 15) is 4.79 Å². The average molecular weight is 388 g/mol. The molecule has 1 heterocycles. The molecule has 0 spiro atoms. The molecule has 1 fully saturated rings. The maximum Gasteiger partial charge on any atom is 0.263 e. The highest BCUT2D eigenvalue weighted by molar-refractivity contribution is 9.10. The van der Waals surface area contributed by atoms with E-state index in [4.69, 9.17) is 4.74 Å². The Morgan fingerprint density at radius 3 is 2.79 bits per heavy atom. The fourth-order valence-electron chi connectivity index (χ4n) is 3.27. The van der Waals surface area contributed by atoms with Crippen LogP contribution in [0.15, 0.2) is 53.0 Å². The number of hydrogen-bond donors (Lipinski definition) is 0. The Bertz CT molecular complexity index is 731. The quantitative estimate of drug-likeness (QED) is 0.747. The van der Waals surface area contributed by atoms with Gasteiger partial charge in [-0.25, -0.2) is 0 Å². The molecule has 1 aliphatic heterocycles. The van der Waals surface area contributed by atoms with Crippen LogP contribution in [0.25, 0.3) is 0 Å². The van der Waals surface area contributed by atoms with Gasteiger partial charge in [-0.15, -0.1) is 0 Å². The first-order valence-electron chi connectivity index (χ1n) is 8.34. The summed E-state index contributed by atoms with van der Waals surface area (Å²) in [5.41, 5.74) is 2.30. The highest BCUT2D eigenvalue weighted by Gasteiger charge is 2.33. The molecule has 0 saturated carbocycles. The highest BCUT2D eigenvalue weighted by atomic mass is 79.9. The van der Waals surface area contributed by atoms with E-state index in [-0.39, 0.29) is 11.9 Å². The molecular weight excluding hydrogens is 366 g/mol. The van der Waals surface area contributed by atoms with Gasteiger partial charge in [0.25, 0.3) is 5.91 Å². The summed E-state index contributed by atoms with van der Waals surface area (Å²) in [5, 5.41) is 0. The average Bonchev–Trinajstić information content (AvgIpc) is 3.03. The normalized spacial score (nSPS) is 18.5.